The molecule has 1 aliphatic rings. The maximum atomic E-state index is 13.5. The summed E-state index contributed by atoms with van der Waals surface area (Å²) >= 11 is 0. The van der Waals surface area contributed by atoms with Crippen molar-refractivity contribution in [3.05, 3.63) is 146 Å². The van der Waals surface area contributed by atoms with Crippen LogP contribution in [0.15, 0.2) is 146 Å². The van der Waals surface area contributed by atoms with Crippen LogP contribution in [0.25, 0.3) is 0 Å². The highest BCUT2D eigenvalue weighted by atomic mass is 16.7. The zero-order chi connectivity index (χ0) is 64.6. The number of amides is 1. The van der Waals surface area contributed by atoms with Crippen LogP contribution in [0.3, 0.4) is 0 Å². The molecule has 1 fully saturated rings. The SMILES string of the molecule is CC/C=C\C/C=C\C/C=C\C/C=C\C/C=C\C/C=C\CCCCCCC(=O)OC1C(OCC(NC(=O)C(O)CCCCCCCCCC/C=C\C/C=C\C/C=C\C/C=C\C/C=C\CC)C(O)/C=C/CCCCCCCCCCCCC)OC(CO)C(O)C1O. The van der Waals surface area contributed by atoms with Crippen LogP contribution in [0, 0.1) is 0 Å². The van der Waals surface area contributed by atoms with Gasteiger partial charge in [-0.3, -0.25) is 9.59 Å². The lowest BCUT2D eigenvalue weighted by molar-refractivity contribution is -0.305. The monoisotopic (exact) mass is 1240 g/mol. The van der Waals surface area contributed by atoms with Crippen LogP contribution >= 0.6 is 0 Å². The second kappa shape index (κ2) is 63.7. The molecule has 11 heteroatoms. The minimum atomic E-state index is -1.64. The van der Waals surface area contributed by atoms with E-state index in [4.69, 9.17) is 14.2 Å². The van der Waals surface area contributed by atoms with Crippen molar-refractivity contribution in [2.24, 2.45) is 0 Å². The number of carbonyl (C=O) groups is 2. The molecule has 1 saturated heterocycles. The number of hydrogen-bond acceptors (Lipinski definition) is 10. The Morgan fingerprint density at radius 2 is 0.809 bits per heavy atom. The summed E-state index contributed by atoms with van der Waals surface area (Å²) in [5.74, 6) is -1.23. The van der Waals surface area contributed by atoms with E-state index in [1.165, 1.54) is 70.6 Å². The molecule has 1 amide bonds. The van der Waals surface area contributed by atoms with Crippen molar-refractivity contribution in [2.45, 2.75) is 320 Å². The van der Waals surface area contributed by atoms with Gasteiger partial charge in [-0.2, -0.15) is 0 Å². The number of aliphatic hydroxyl groups excluding tert-OH is 5. The Bertz CT molecular complexity index is 2010. The van der Waals surface area contributed by atoms with E-state index >= 15 is 0 Å². The summed E-state index contributed by atoms with van der Waals surface area (Å²) in [6.45, 7) is 5.56. The standard InChI is InChI=1S/C78H129NO10/c1-4-7-10-13-16-19-22-25-27-29-31-33-35-37-38-40-42-44-47-50-53-56-59-62-65-71(82)77(86)79-69(70(81)64-61-58-55-52-49-46-24-21-18-15-12-9-6-3)68-87-78-76(75(85)74(84)72(67-80)88-78)89-73(83)66-63-60-57-54-51-48-45-43-41-39-36-34-32-30-28-26-23-20-17-14-11-8-5-2/h7-8,10-11,16-17,19-20,25-28,31-34,37-39,41,45,48,61,64,69-72,74-76,78,80-82,84-85H,4-6,9,12-15,18,21-24,29-30,35-36,40,42-44,46-47,49-60,62-63,65-68H2,1-3H3,(H,79,86)/b10-7-,11-8-,19-16-,20-17-,27-25-,28-26-,33-31-,34-32-,38-37-,41-39-,48-45-,64-61+. The van der Waals surface area contributed by atoms with E-state index in [9.17, 15) is 35.1 Å². The summed E-state index contributed by atoms with van der Waals surface area (Å²) in [4.78, 5) is 26.7. The topological polar surface area (TPSA) is 175 Å². The number of hydrogen-bond donors (Lipinski definition) is 6. The first kappa shape index (κ1) is 82.6. The first-order valence-electron chi connectivity index (χ1n) is 35.6. The van der Waals surface area contributed by atoms with Gasteiger partial charge in [0.1, 0.15) is 24.4 Å². The van der Waals surface area contributed by atoms with Crippen molar-refractivity contribution in [3.8, 4) is 0 Å². The molecule has 1 aliphatic heterocycles. The molecular weight excluding hydrogens is 1110 g/mol. The Kier molecular flexibility index (Phi) is 59.1. The highest BCUT2D eigenvalue weighted by molar-refractivity contribution is 5.80. The molecule has 0 aromatic carbocycles. The van der Waals surface area contributed by atoms with Gasteiger partial charge >= 0.3 is 5.97 Å². The third-order valence-corrected chi connectivity index (χ3v) is 15.7. The smallest absolute Gasteiger partial charge is 0.306 e. The summed E-state index contributed by atoms with van der Waals surface area (Å²) in [6.07, 6.45) is 81.6. The first-order valence-corrected chi connectivity index (χ1v) is 35.6. The van der Waals surface area contributed by atoms with Gasteiger partial charge in [0.2, 0.25) is 5.91 Å². The van der Waals surface area contributed by atoms with Crippen LogP contribution in [0.1, 0.15) is 271 Å². The zero-order valence-corrected chi connectivity index (χ0v) is 56.2. The molecule has 1 rings (SSSR count). The molecule has 89 heavy (non-hydrogen) atoms. The second-order valence-electron chi connectivity index (χ2n) is 23.9. The Hall–Kier alpha value is -4.46. The Balaban J connectivity index is 2.63. The number of unbranched alkanes of at least 4 members (excludes halogenated alkanes) is 23. The molecule has 8 atom stereocenters. The largest absolute Gasteiger partial charge is 0.454 e. The van der Waals surface area contributed by atoms with Gasteiger partial charge in [-0.05, 0) is 122 Å². The Morgan fingerprint density at radius 1 is 0.449 bits per heavy atom. The highest BCUT2D eigenvalue weighted by Gasteiger charge is 2.47. The number of carbonyl (C=O) groups excluding carboxylic acids is 2. The second-order valence-corrected chi connectivity index (χ2v) is 23.9. The van der Waals surface area contributed by atoms with Gasteiger partial charge in [-0.25, -0.2) is 0 Å². The summed E-state index contributed by atoms with van der Waals surface area (Å²) < 4.78 is 17.7. The average molecular weight is 1240 g/mol. The number of aliphatic hydroxyl groups is 5. The third kappa shape index (κ3) is 50.8. The van der Waals surface area contributed by atoms with Gasteiger partial charge in [-0.1, -0.05) is 289 Å². The number of allylic oxidation sites excluding steroid dienone is 23. The first-order chi connectivity index (χ1) is 43.7. The van der Waals surface area contributed by atoms with Gasteiger partial charge in [0.25, 0.3) is 0 Å². The van der Waals surface area contributed by atoms with Crippen molar-refractivity contribution in [2.75, 3.05) is 13.2 Å². The van der Waals surface area contributed by atoms with Crippen LogP contribution in [0.4, 0.5) is 0 Å². The molecule has 6 N–H and O–H groups in total. The van der Waals surface area contributed by atoms with E-state index in [0.29, 0.717) is 12.8 Å². The van der Waals surface area contributed by atoms with E-state index < -0.39 is 67.4 Å². The minimum absolute atomic E-state index is 0.0849. The molecule has 0 saturated carbocycles. The van der Waals surface area contributed by atoms with E-state index in [2.05, 4.69) is 160 Å². The molecule has 0 bridgehead atoms. The van der Waals surface area contributed by atoms with Gasteiger partial charge in [0, 0.05) is 6.42 Å². The molecule has 11 nitrogen and oxygen atoms in total. The van der Waals surface area contributed by atoms with E-state index in [1.807, 2.05) is 6.08 Å². The zero-order valence-electron chi connectivity index (χ0n) is 56.2. The normalized spacial score (nSPS) is 19.0. The van der Waals surface area contributed by atoms with Gasteiger partial charge in [0.05, 0.1) is 25.4 Å². The number of nitrogens with one attached hydrogen (secondary N) is 1. The van der Waals surface area contributed by atoms with Gasteiger partial charge in [-0.15, -0.1) is 0 Å². The van der Waals surface area contributed by atoms with Gasteiger partial charge < -0.3 is 45.1 Å². The predicted molar refractivity (Wildman–Crippen MR) is 374 cm³/mol. The lowest BCUT2D eigenvalue weighted by Gasteiger charge is -2.41. The van der Waals surface area contributed by atoms with Crippen LogP contribution in [-0.4, -0.2) is 99.6 Å². The molecule has 506 valence electrons. The maximum absolute atomic E-state index is 13.5. The van der Waals surface area contributed by atoms with E-state index in [0.717, 1.165) is 154 Å². The summed E-state index contributed by atoms with van der Waals surface area (Å²) in [7, 11) is 0. The summed E-state index contributed by atoms with van der Waals surface area (Å²) in [5.41, 5.74) is 0. The highest BCUT2D eigenvalue weighted by Crippen LogP contribution is 2.26. The van der Waals surface area contributed by atoms with Crippen molar-refractivity contribution >= 4 is 11.9 Å². The van der Waals surface area contributed by atoms with E-state index in [1.54, 1.807) is 6.08 Å². The lowest BCUT2D eigenvalue weighted by atomic mass is 9.99. The summed E-state index contributed by atoms with van der Waals surface area (Å²) in [5, 5.41) is 57.3. The maximum Gasteiger partial charge on any atom is 0.306 e. The van der Waals surface area contributed by atoms with Crippen molar-refractivity contribution in [1.82, 2.24) is 5.32 Å². The molecule has 0 aromatic heterocycles. The molecule has 8 unspecified atom stereocenters. The molecule has 0 radical (unpaired) electrons. The fourth-order valence-electron chi connectivity index (χ4n) is 10.2. The van der Waals surface area contributed by atoms with Crippen molar-refractivity contribution in [1.29, 1.82) is 0 Å². The van der Waals surface area contributed by atoms with Crippen molar-refractivity contribution < 1.29 is 49.3 Å². The molecule has 0 aliphatic carbocycles. The molecule has 0 spiro atoms. The molecule has 0 aromatic rings. The van der Waals surface area contributed by atoms with Crippen LogP contribution < -0.4 is 5.32 Å². The fraction of sp³-hybridized carbons (Fsp3) is 0.667. The van der Waals surface area contributed by atoms with Crippen LogP contribution in [0.5, 0.6) is 0 Å². The molecular formula is C78H129NO10. The van der Waals surface area contributed by atoms with Crippen LogP contribution in [0.2, 0.25) is 0 Å². The van der Waals surface area contributed by atoms with Crippen LogP contribution in [-0.2, 0) is 23.8 Å². The van der Waals surface area contributed by atoms with Gasteiger partial charge in [0.15, 0.2) is 12.4 Å². The number of ether oxygens (including phenoxy) is 3. The predicted octanol–water partition coefficient (Wildman–Crippen LogP) is 18.5. The quantitative estimate of drug-likeness (QED) is 0.0195. The average Bonchev–Trinajstić information content (AvgIpc) is 3.20. The number of esters is 1. The van der Waals surface area contributed by atoms with E-state index in [-0.39, 0.29) is 19.4 Å². The summed E-state index contributed by atoms with van der Waals surface area (Å²) in [6, 6.07) is -1.05. The fourth-order valence-corrected chi connectivity index (χ4v) is 10.2. The third-order valence-electron chi connectivity index (χ3n) is 15.7. The Morgan fingerprint density at radius 3 is 1.21 bits per heavy atom. The Labute approximate surface area is 543 Å². The lowest BCUT2D eigenvalue weighted by Crippen LogP contribution is -2.61. The minimum Gasteiger partial charge on any atom is -0.454 e. The number of rotatable bonds is 59. The van der Waals surface area contributed by atoms with Crippen molar-refractivity contribution in [3.63, 3.8) is 0 Å². The molecule has 1 heterocycles.